The van der Waals surface area contributed by atoms with Gasteiger partial charge in [-0.15, -0.1) is 3.89 Å². The number of aromatic nitrogens is 1. The number of rotatable bonds is 2. The van der Waals surface area contributed by atoms with Crippen LogP contribution in [0.15, 0.2) is 17.1 Å². The highest BCUT2D eigenvalue weighted by atomic mass is 35.5. The number of hydrogen-bond acceptors (Lipinski definition) is 4. The lowest BCUT2D eigenvalue weighted by atomic mass is 10.4. The zero-order chi connectivity index (χ0) is 13.5. The second kappa shape index (κ2) is 4.36. The third kappa shape index (κ3) is 2.39. The van der Waals surface area contributed by atoms with Gasteiger partial charge in [-0.2, -0.15) is 8.42 Å². The van der Waals surface area contributed by atoms with Gasteiger partial charge in [-0.25, -0.2) is 0 Å². The predicted molar refractivity (Wildman–Crippen MR) is 62.9 cm³/mol. The highest BCUT2D eigenvalue weighted by molar-refractivity contribution is 7.87. The summed E-state index contributed by atoms with van der Waals surface area (Å²) in [5.41, 5.74) is -0.677. The summed E-state index contributed by atoms with van der Waals surface area (Å²) in [6, 6.07) is 1.23. The Balaban J connectivity index is 2.39. The van der Waals surface area contributed by atoms with Gasteiger partial charge in [-0.1, -0.05) is 11.6 Å². The number of aromatic amines is 1. The fourth-order valence-electron chi connectivity index (χ4n) is 1.74. The van der Waals surface area contributed by atoms with E-state index in [1.54, 1.807) is 0 Å². The summed E-state index contributed by atoms with van der Waals surface area (Å²) in [5.74, 6) is -0.631. The molecule has 6 nitrogen and oxygen atoms in total. The van der Waals surface area contributed by atoms with E-state index in [2.05, 4.69) is 4.98 Å². The molecule has 0 aliphatic carbocycles. The second-order valence-corrected chi connectivity index (χ2v) is 5.89. The highest BCUT2D eigenvalue weighted by Crippen LogP contribution is 2.24. The van der Waals surface area contributed by atoms with Gasteiger partial charge in [-0.3, -0.25) is 9.59 Å². The largest absolute Gasteiger partial charge is 0.326 e. The molecule has 0 spiro atoms. The minimum atomic E-state index is -4.81. The van der Waals surface area contributed by atoms with Crippen molar-refractivity contribution >= 4 is 33.4 Å². The first-order valence-electron chi connectivity index (χ1n) is 4.91. The van der Waals surface area contributed by atoms with Crippen LogP contribution in [0.5, 0.6) is 0 Å². The number of carbonyl (C=O) groups is 1. The molecule has 0 radical (unpaired) electrons. The maximum atomic E-state index is 12.8. The number of halogens is 2. The number of nitrogens with zero attached hydrogens (tertiary/aromatic N) is 1. The molecule has 1 aromatic heterocycles. The first kappa shape index (κ1) is 13.0. The lowest BCUT2D eigenvalue weighted by Gasteiger charge is -2.14. The third-order valence-electron chi connectivity index (χ3n) is 2.63. The maximum absolute atomic E-state index is 12.8. The fraction of sp³-hybridized carbons (Fsp3) is 0.333. The van der Waals surface area contributed by atoms with Crippen LogP contribution in [-0.4, -0.2) is 31.1 Å². The van der Waals surface area contributed by atoms with Gasteiger partial charge in [0.25, 0.3) is 5.56 Å². The molecule has 1 unspecified atom stereocenters. The van der Waals surface area contributed by atoms with Gasteiger partial charge in [0.2, 0.25) is 5.91 Å². The van der Waals surface area contributed by atoms with Crippen LogP contribution in [0.4, 0.5) is 9.57 Å². The van der Waals surface area contributed by atoms with Gasteiger partial charge in [0.15, 0.2) is 0 Å². The monoisotopic (exact) mass is 294 g/mol. The summed E-state index contributed by atoms with van der Waals surface area (Å²) < 4.78 is 34.3. The lowest BCUT2D eigenvalue weighted by Crippen LogP contribution is -2.31. The van der Waals surface area contributed by atoms with Crippen molar-refractivity contribution in [2.45, 2.75) is 11.7 Å². The van der Waals surface area contributed by atoms with E-state index in [1.165, 1.54) is 12.3 Å². The Labute approximate surface area is 107 Å². The average molecular weight is 295 g/mol. The van der Waals surface area contributed by atoms with Gasteiger partial charge >= 0.3 is 10.2 Å². The molecule has 98 valence electrons. The summed E-state index contributed by atoms with van der Waals surface area (Å²) in [6.07, 6.45) is 0.752. The number of pyridine rings is 1. The molecular weight excluding hydrogens is 287 g/mol. The normalized spacial score (nSPS) is 20.4. The average Bonchev–Trinajstić information content (AvgIpc) is 2.64. The Morgan fingerprint density at radius 3 is 2.67 bits per heavy atom. The van der Waals surface area contributed by atoms with Crippen molar-refractivity contribution in [2.75, 3.05) is 11.4 Å². The molecule has 1 amide bonds. The lowest BCUT2D eigenvalue weighted by molar-refractivity contribution is -0.117. The fourth-order valence-corrected chi connectivity index (χ4v) is 2.57. The number of anilines is 1. The minimum Gasteiger partial charge on any atom is -0.326 e. The van der Waals surface area contributed by atoms with Gasteiger partial charge in [-0.05, 0) is 6.07 Å². The summed E-state index contributed by atoms with van der Waals surface area (Å²) in [5, 5.41) is -1.26. The summed E-state index contributed by atoms with van der Waals surface area (Å²) in [6.45, 7) is -0.388. The highest BCUT2D eigenvalue weighted by Gasteiger charge is 2.39. The van der Waals surface area contributed by atoms with Gasteiger partial charge in [0.1, 0.15) is 10.9 Å². The van der Waals surface area contributed by atoms with E-state index in [0.717, 1.165) is 4.90 Å². The Kier molecular flexibility index (Phi) is 3.16. The van der Waals surface area contributed by atoms with Crippen LogP contribution in [0.25, 0.3) is 0 Å². The van der Waals surface area contributed by atoms with E-state index in [0.29, 0.717) is 0 Å². The standard InChI is InChI=1S/C9H8ClFN2O4S/c10-5-1-7(9(15)12-3-5)13-4-6(2-8(13)14)18(11,16)17/h1,3,6H,2,4H2,(H,12,15). The van der Waals surface area contributed by atoms with E-state index < -0.39 is 33.4 Å². The van der Waals surface area contributed by atoms with Crippen molar-refractivity contribution < 1.29 is 17.1 Å². The van der Waals surface area contributed by atoms with Crippen molar-refractivity contribution in [3.05, 3.63) is 27.6 Å². The SMILES string of the molecule is O=C1CC(S(=O)(=O)F)CN1c1cc(Cl)c[nH]c1=O. The van der Waals surface area contributed by atoms with Crippen LogP contribution in [0.3, 0.4) is 0 Å². The maximum Gasteiger partial charge on any atom is 0.307 e. The van der Waals surface area contributed by atoms with Crippen molar-refractivity contribution in [3.63, 3.8) is 0 Å². The van der Waals surface area contributed by atoms with Crippen LogP contribution >= 0.6 is 11.6 Å². The van der Waals surface area contributed by atoms with E-state index in [-0.39, 0.29) is 17.3 Å². The van der Waals surface area contributed by atoms with Gasteiger partial charge in [0.05, 0.1) is 5.02 Å². The molecule has 1 aromatic rings. The predicted octanol–water partition coefficient (Wildman–Crippen LogP) is 0.433. The number of amides is 1. The Hall–Kier alpha value is -1.41. The Morgan fingerprint density at radius 2 is 2.11 bits per heavy atom. The quantitative estimate of drug-likeness (QED) is 0.802. The number of H-pyrrole nitrogens is 1. The first-order chi connectivity index (χ1) is 8.29. The van der Waals surface area contributed by atoms with Crippen LogP contribution in [0, 0.1) is 0 Å². The zero-order valence-corrected chi connectivity index (χ0v) is 10.5. The van der Waals surface area contributed by atoms with Crippen molar-refractivity contribution in [3.8, 4) is 0 Å². The zero-order valence-electron chi connectivity index (χ0n) is 8.89. The number of carbonyl (C=O) groups excluding carboxylic acids is 1. The van der Waals surface area contributed by atoms with Crippen LogP contribution in [0.2, 0.25) is 5.02 Å². The van der Waals surface area contributed by atoms with Crippen LogP contribution in [0.1, 0.15) is 6.42 Å². The van der Waals surface area contributed by atoms with Gasteiger partial charge in [0, 0.05) is 19.2 Å². The molecule has 0 bridgehead atoms. The second-order valence-electron chi connectivity index (χ2n) is 3.84. The molecule has 0 aromatic carbocycles. The van der Waals surface area contributed by atoms with E-state index in [1.807, 2.05) is 0 Å². The van der Waals surface area contributed by atoms with E-state index in [4.69, 9.17) is 11.6 Å². The molecule has 1 aliphatic heterocycles. The first-order valence-corrected chi connectivity index (χ1v) is 6.73. The molecule has 1 saturated heterocycles. The molecular formula is C9H8ClFN2O4S. The summed E-state index contributed by atoms with van der Waals surface area (Å²) >= 11 is 5.67. The molecule has 1 atom stereocenters. The van der Waals surface area contributed by atoms with E-state index in [9.17, 15) is 21.9 Å². The Morgan fingerprint density at radius 1 is 1.44 bits per heavy atom. The number of nitrogens with one attached hydrogen (secondary N) is 1. The molecule has 0 saturated carbocycles. The van der Waals surface area contributed by atoms with Crippen molar-refractivity contribution in [1.82, 2.24) is 4.98 Å². The number of hydrogen-bond donors (Lipinski definition) is 1. The van der Waals surface area contributed by atoms with Crippen LogP contribution in [-0.2, 0) is 15.0 Å². The topological polar surface area (TPSA) is 87.3 Å². The summed E-state index contributed by atoms with van der Waals surface area (Å²) in [4.78, 5) is 26.3. The van der Waals surface area contributed by atoms with Gasteiger partial charge < -0.3 is 9.88 Å². The van der Waals surface area contributed by atoms with Crippen LogP contribution < -0.4 is 10.5 Å². The smallest absolute Gasteiger partial charge is 0.307 e. The molecule has 1 N–H and O–H groups in total. The summed E-state index contributed by atoms with van der Waals surface area (Å²) in [7, 11) is -4.81. The molecule has 9 heteroatoms. The molecule has 1 fully saturated rings. The van der Waals surface area contributed by atoms with E-state index >= 15 is 0 Å². The molecule has 1 aliphatic rings. The molecule has 18 heavy (non-hydrogen) atoms. The van der Waals surface area contributed by atoms with Crippen molar-refractivity contribution in [2.24, 2.45) is 0 Å². The molecule has 2 rings (SSSR count). The van der Waals surface area contributed by atoms with Crippen molar-refractivity contribution in [1.29, 1.82) is 0 Å². The Bertz CT molecular complexity index is 657. The minimum absolute atomic E-state index is 0.0846. The molecule has 2 heterocycles. The third-order valence-corrected chi connectivity index (χ3v) is 3.96.